The minimum Gasteiger partial charge on any atom is -0.494 e. The van der Waals surface area contributed by atoms with E-state index in [1.54, 1.807) is 11.3 Å². The van der Waals surface area contributed by atoms with Crippen LogP contribution in [0.3, 0.4) is 0 Å². The fraction of sp³-hybridized carbons (Fsp3) is 0.176. The van der Waals surface area contributed by atoms with Crippen LogP contribution in [-0.2, 0) is 4.79 Å². The van der Waals surface area contributed by atoms with Gasteiger partial charge >= 0.3 is 0 Å². The average molecular weight is 344 g/mol. The molecule has 2 heterocycles. The van der Waals surface area contributed by atoms with Gasteiger partial charge in [0.2, 0.25) is 0 Å². The predicted octanol–water partition coefficient (Wildman–Crippen LogP) is 4.35. The van der Waals surface area contributed by atoms with Crippen LogP contribution >= 0.6 is 23.1 Å². The number of nitrogens with zero attached hydrogens (tertiary/aromatic N) is 1. The van der Waals surface area contributed by atoms with Gasteiger partial charge in [-0.25, -0.2) is 4.99 Å². The van der Waals surface area contributed by atoms with Crippen LogP contribution in [0.1, 0.15) is 16.7 Å². The lowest BCUT2D eigenvalue weighted by Crippen LogP contribution is -2.19. The molecule has 0 unspecified atom stereocenters. The summed E-state index contributed by atoms with van der Waals surface area (Å²) in [4.78, 5) is 19.5. The first-order chi connectivity index (χ1) is 11.1. The summed E-state index contributed by atoms with van der Waals surface area (Å²) in [6.45, 7) is 4.63. The van der Waals surface area contributed by atoms with E-state index in [0.717, 1.165) is 16.3 Å². The number of amidine groups is 1. The van der Waals surface area contributed by atoms with Crippen molar-refractivity contribution < 1.29 is 9.53 Å². The van der Waals surface area contributed by atoms with Crippen molar-refractivity contribution in [2.75, 3.05) is 6.61 Å². The van der Waals surface area contributed by atoms with Crippen LogP contribution in [0.4, 0.5) is 5.69 Å². The topological polar surface area (TPSA) is 50.7 Å². The number of aliphatic imine (C=N–C) groups is 1. The van der Waals surface area contributed by atoms with Gasteiger partial charge in [-0.1, -0.05) is 0 Å². The zero-order valence-corrected chi connectivity index (χ0v) is 14.5. The summed E-state index contributed by atoms with van der Waals surface area (Å²) in [7, 11) is 0. The molecule has 0 bridgehead atoms. The summed E-state index contributed by atoms with van der Waals surface area (Å²) in [5.74, 6) is 0.707. The third-order valence-corrected chi connectivity index (χ3v) is 4.92. The van der Waals surface area contributed by atoms with Gasteiger partial charge in [-0.15, -0.1) is 11.3 Å². The van der Waals surface area contributed by atoms with Gasteiger partial charge in [0, 0.05) is 9.75 Å². The van der Waals surface area contributed by atoms with Crippen LogP contribution < -0.4 is 10.1 Å². The monoisotopic (exact) mass is 344 g/mol. The highest BCUT2D eigenvalue weighted by atomic mass is 32.2. The second kappa shape index (κ2) is 7.02. The molecular weight excluding hydrogens is 328 g/mol. The number of carbonyl (C=O) groups is 1. The molecule has 0 saturated carbocycles. The van der Waals surface area contributed by atoms with Gasteiger partial charge < -0.3 is 10.1 Å². The second-order valence-corrected chi connectivity index (χ2v) is 7.21. The molecule has 1 N–H and O–H groups in total. The van der Waals surface area contributed by atoms with Gasteiger partial charge in [-0.05, 0) is 68.1 Å². The summed E-state index contributed by atoms with van der Waals surface area (Å²) >= 11 is 3.02. The molecule has 1 aromatic heterocycles. The SMILES string of the molecule is CCOc1ccc(N=C2NC(=O)/C(=C\c3ccc(C)s3)S2)cc1. The second-order valence-electron chi connectivity index (χ2n) is 4.86. The minimum atomic E-state index is -0.106. The van der Waals surface area contributed by atoms with Crippen molar-refractivity contribution in [3.63, 3.8) is 0 Å². The lowest BCUT2D eigenvalue weighted by molar-refractivity contribution is -0.115. The Morgan fingerprint density at radius 3 is 2.65 bits per heavy atom. The van der Waals surface area contributed by atoms with Gasteiger partial charge in [0.05, 0.1) is 17.2 Å². The fourth-order valence-corrected chi connectivity index (χ4v) is 3.77. The maximum absolute atomic E-state index is 12.0. The zero-order valence-electron chi connectivity index (χ0n) is 12.8. The Morgan fingerprint density at radius 1 is 1.22 bits per heavy atom. The molecule has 1 fully saturated rings. The molecular formula is C17H16N2O2S2. The number of carbonyl (C=O) groups excluding carboxylic acids is 1. The first-order valence-corrected chi connectivity index (χ1v) is 8.86. The van der Waals surface area contributed by atoms with Crippen LogP contribution in [-0.4, -0.2) is 17.7 Å². The predicted molar refractivity (Wildman–Crippen MR) is 97.5 cm³/mol. The molecule has 23 heavy (non-hydrogen) atoms. The van der Waals surface area contributed by atoms with E-state index in [4.69, 9.17) is 4.74 Å². The normalized spacial score (nSPS) is 17.7. The Balaban J connectivity index is 1.75. The Kier molecular flexibility index (Phi) is 4.83. The number of thiophene rings is 1. The van der Waals surface area contributed by atoms with E-state index >= 15 is 0 Å². The van der Waals surface area contributed by atoms with Crippen molar-refractivity contribution in [3.05, 3.63) is 51.1 Å². The fourth-order valence-electron chi connectivity index (χ4n) is 2.04. The van der Waals surface area contributed by atoms with E-state index in [1.165, 1.54) is 16.6 Å². The van der Waals surface area contributed by atoms with Crippen LogP contribution in [0.2, 0.25) is 0 Å². The molecule has 1 aromatic carbocycles. The molecule has 1 aliphatic heterocycles. The van der Waals surface area contributed by atoms with Crippen molar-refractivity contribution >= 4 is 45.9 Å². The molecule has 1 aliphatic rings. The molecule has 0 aliphatic carbocycles. The van der Waals surface area contributed by atoms with E-state index < -0.39 is 0 Å². The van der Waals surface area contributed by atoms with Crippen molar-refractivity contribution in [1.29, 1.82) is 0 Å². The molecule has 0 spiro atoms. The molecule has 3 rings (SSSR count). The van der Waals surface area contributed by atoms with E-state index in [2.05, 4.69) is 10.3 Å². The highest BCUT2D eigenvalue weighted by molar-refractivity contribution is 8.18. The summed E-state index contributed by atoms with van der Waals surface area (Å²) in [5, 5.41) is 3.39. The summed E-state index contributed by atoms with van der Waals surface area (Å²) in [5.41, 5.74) is 0.782. The highest BCUT2D eigenvalue weighted by Gasteiger charge is 2.23. The smallest absolute Gasteiger partial charge is 0.264 e. The van der Waals surface area contributed by atoms with E-state index in [0.29, 0.717) is 16.7 Å². The standard InChI is InChI=1S/C17H16N2O2S2/c1-3-21-13-7-5-12(6-8-13)18-17-19-16(20)15(23-17)10-14-9-4-11(2)22-14/h4-10H,3H2,1-2H3,(H,18,19,20)/b15-10+. The highest BCUT2D eigenvalue weighted by Crippen LogP contribution is 2.30. The molecule has 1 saturated heterocycles. The number of thioether (sulfide) groups is 1. The number of rotatable bonds is 4. The quantitative estimate of drug-likeness (QED) is 0.839. The zero-order chi connectivity index (χ0) is 16.2. The summed E-state index contributed by atoms with van der Waals surface area (Å²) < 4.78 is 5.40. The van der Waals surface area contributed by atoms with Gasteiger partial charge in [0.15, 0.2) is 5.17 Å². The van der Waals surface area contributed by atoms with E-state index in [1.807, 2.05) is 56.3 Å². The van der Waals surface area contributed by atoms with E-state index in [9.17, 15) is 4.79 Å². The van der Waals surface area contributed by atoms with Gasteiger partial charge in [-0.2, -0.15) is 0 Å². The maximum Gasteiger partial charge on any atom is 0.264 e. The van der Waals surface area contributed by atoms with Gasteiger partial charge in [0.1, 0.15) is 5.75 Å². The third kappa shape index (κ3) is 4.03. The number of nitrogens with one attached hydrogen (secondary N) is 1. The summed E-state index contributed by atoms with van der Waals surface area (Å²) in [6, 6.07) is 11.5. The Hall–Kier alpha value is -2.05. The van der Waals surface area contributed by atoms with Crippen LogP contribution in [0, 0.1) is 6.92 Å². The van der Waals surface area contributed by atoms with Crippen molar-refractivity contribution in [3.8, 4) is 5.75 Å². The molecule has 2 aromatic rings. The largest absolute Gasteiger partial charge is 0.494 e. The van der Waals surface area contributed by atoms with Crippen LogP contribution in [0.5, 0.6) is 5.75 Å². The van der Waals surface area contributed by atoms with Crippen molar-refractivity contribution in [1.82, 2.24) is 5.32 Å². The first-order valence-electron chi connectivity index (χ1n) is 7.23. The Labute approximate surface area is 143 Å². The van der Waals surface area contributed by atoms with Crippen molar-refractivity contribution in [2.24, 2.45) is 4.99 Å². The molecule has 4 nitrogen and oxygen atoms in total. The molecule has 1 amide bonds. The Bertz CT molecular complexity index is 776. The molecule has 118 valence electrons. The van der Waals surface area contributed by atoms with Gasteiger partial charge in [-0.3, -0.25) is 4.79 Å². The molecule has 6 heteroatoms. The van der Waals surface area contributed by atoms with Crippen LogP contribution in [0.25, 0.3) is 6.08 Å². The lowest BCUT2D eigenvalue weighted by Gasteiger charge is -2.02. The maximum atomic E-state index is 12.0. The number of hydrogen-bond donors (Lipinski definition) is 1. The number of amides is 1. The van der Waals surface area contributed by atoms with E-state index in [-0.39, 0.29) is 5.91 Å². The molecule has 0 atom stereocenters. The average Bonchev–Trinajstić information content (AvgIpc) is 3.08. The molecule has 0 radical (unpaired) electrons. The lowest BCUT2D eigenvalue weighted by atomic mass is 10.3. The summed E-state index contributed by atoms with van der Waals surface area (Å²) in [6.07, 6.45) is 1.90. The van der Waals surface area contributed by atoms with Crippen molar-refractivity contribution in [2.45, 2.75) is 13.8 Å². The van der Waals surface area contributed by atoms with Gasteiger partial charge in [0.25, 0.3) is 5.91 Å². The number of aryl methyl sites for hydroxylation is 1. The third-order valence-electron chi connectivity index (χ3n) is 3.06. The first kappa shape index (κ1) is 15.8. The number of ether oxygens (including phenoxy) is 1. The number of hydrogen-bond acceptors (Lipinski definition) is 5. The minimum absolute atomic E-state index is 0.106. The number of benzene rings is 1. The van der Waals surface area contributed by atoms with Crippen LogP contribution in [0.15, 0.2) is 46.3 Å². The Morgan fingerprint density at radius 2 is 2.00 bits per heavy atom.